The van der Waals surface area contributed by atoms with E-state index >= 15 is 0 Å². The van der Waals surface area contributed by atoms with Crippen molar-refractivity contribution in [2.24, 2.45) is 0 Å². The molecule has 0 amide bonds. The van der Waals surface area contributed by atoms with Crippen molar-refractivity contribution in [1.29, 1.82) is 0 Å². The number of para-hydroxylation sites is 2. The molecule has 3 heteroatoms. The van der Waals surface area contributed by atoms with E-state index in [2.05, 4.69) is 121 Å². The van der Waals surface area contributed by atoms with Crippen molar-refractivity contribution in [2.75, 3.05) is 0 Å². The smallest absolute Gasteiger partial charge is 0.505 e. The Bertz CT molecular complexity index is 1510. The van der Waals surface area contributed by atoms with Gasteiger partial charge in [-0.05, 0) is 23.3 Å². The third kappa shape index (κ3) is 5.13. The van der Waals surface area contributed by atoms with Crippen molar-refractivity contribution in [2.45, 2.75) is 0 Å². The van der Waals surface area contributed by atoms with Crippen LogP contribution in [0, 0.1) is 0 Å². The average molecular weight is 521 g/mol. The first-order valence-electron chi connectivity index (χ1n) is 13.1. The molecule has 0 fully saturated rings. The first-order chi connectivity index (χ1) is 19.3. The molecule has 0 aliphatic rings. The maximum absolute atomic E-state index is 7.27. The zero-order valence-corrected chi connectivity index (χ0v) is 22.5. The van der Waals surface area contributed by atoms with Crippen LogP contribution in [0.4, 0.5) is 0 Å². The zero-order valence-electron chi connectivity index (χ0n) is 21.5. The zero-order chi connectivity index (χ0) is 26.3. The lowest BCUT2D eigenvalue weighted by Gasteiger charge is -2.33. The fourth-order valence-corrected chi connectivity index (χ4v) is 7.96. The molecule has 0 spiro atoms. The lowest BCUT2D eigenvalue weighted by molar-refractivity contribution is 0.419. The summed E-state index contributed by atoms with van der Waals surface area (Å²) in [4.78, 5) is 0. The summed E-state index contributed by atoms with van der Waals surface area (Å²) in [6.45, 7) is 0. The van der Waals surface area contributed by atoms with Crippen LogP contribution in [0.5, 0.6) is 11.5 Å². The Morgan fingerprint density at radius 3 is 1.00 bits per heavy atom. The van der Waals surface area contributed by atoms with Gasteiger partial charge in [0.1, 0.15) is 11.5 Å². The minimum atomic E-state index is -3.36. The summed E-state index contributed by atoms with van der Waals surface area (Å²) in [5, 5.41) is 2.06. The van der Waals surface area contributed by atoms with Gasteiger partial charge in [-0.25, -0.2) is 0 Å². The molecule has 0 saturated heterocycles. The summed E-state index contributed by atoms with van der Waals surface area (Å²) < 4.78 is 14.5. The molecule has 0 heterocycles. The van der Waals surface area contributed by atoms with Gasteiger partial charge < -0.3 is 8.85 Å². The number of hydrogen-bond acceptors (Lipinski definition) is 2. The standard InChI is InChI=1S/C36H28O2Si/c1-5-17-29(18-6-1)33-25-13-15-27-35(33)37-39(31-21-9-3-10-22-31,32-23-11-4-12-24-32)38-36-28-16-14-26-34(36)30-19-7-2-8-20-30/h1-28H. The van der Waals surface area contributed by atoms with Gasteiger partial charge in [0.25, 0.3) is 0 Å². The molecule has 0 saturated carbocycles. The Labute approximate surface area is 231 Å². The highest BCUT2D eigenvalue weighted by Gasteiger charge is 2.48. The average Bonchev–Trinajstić information content (AvgIpc) is 3.03. The summed E-state index contributed by atoms with van der Waals surface area (Å²) >= 11 is 0. The molecule has 6 rings (SSSR count). The molecule has 0 unspecified atom stereocenters. The molecule has 0 aliphatic heterocycles. The number of benzene rings is 6. The van der Waals surface area contributed by atoms with Crippen LogP contribution in [-0.2, 0) is 0 Å². The van der Waals surface area contributed by atoms with E-state index in [0.29, 0.717) is 0 Å². The van der Waals surface area contributed by atoms with E-state index in [0.717, 1.165) is 44.1 Å². The van der Waals surface area contributed by atoms with Crippen LogP contribution >= 0.6 is 0 Å². The van der Waals surface area contributed by atoms with E-state index in [9.17, 15) is 0 Å². The predicted octanol–water partition coefficient (Wildman–Crippen LogP) is 7.74. The summed E-state index contributed by atoms with van der Waals surface area (Å²) in [6, 6.07) is 57.9. The molecule has 0 N–H and O–H groups in total. The van der Waals surface area contributed by atoms with Crippen LogP contribution < -0.4 is 19.2 Å². The van der Waals surface area contributed by atoms with E-state index in [-0.39, 0.29) is 0 Å². The molecule has 39 heavy (non-hydrogen) atoms. The molecule has 0 aliphatic carbocycles. The van der Waals surface area contributed by atoms with Gasteiger partial charge >= 0.3 is 8.56 Å². The van der Waals surface area contributed by atoms with Crippen molar-refractivity contribution < 1.29 is 8.85 Å². The molecule has 6 aromatic rings. The largest absolute Gasteiger partial charge is 0.531 e. The maximum atomic E-state index is 7.27. The van der Waals surface area contributed by atoms with Gasteiger partial charge in [0.2, 0.25) is 0 Å². The van der Waals surface area contributed by atoms with Crippen LogP contribution in [0.2, 0.25) is 0 Å². The molecular weight excluding hydrogens is 492 g/mol. The van der Waals surface area contributed by atoms with Crippen LogP contribution in [0.15, 0.2) is 170 Å². The van der Waals surface area contributed by atoms with E-state index in [1.165, 1.54) is 0 Å². The summed E-state index contributed by atoms with van der Waals surface area (Å²) in [5.41, 5.74) is 4.26. The Balaban J connectivity index is 1.57. The normalized spacial score (nSPS) is 11.1. The fraction of sp³-hybridized carbons (Fsp3) is 0. The fourth-order valence-electron chi connectivity index (χ4n) is 4.87. The third-order valence-corrected chi connectivity index (χ3v) is 9.96. The monoisotopic (exact) mass is 520 g/mol. The van der Waals surface area contributed by atoms with Gasteiger partial charge in [-0.15, -0.1) is 0 Å². The van der Waals surface area contributed by atoms with Gasteiger partial charge in [0.15, 0.2) is 0 Å². The lowest BCUT2D eigenvalue weighted by Crippen LogP contribution is -2.68. The quantitative estimate of drug-likeness (QED) is 0.191. The van der Waals surface area contributed by atoms with E-state index < -0.39 is 8.56 Å². The van der Waals surface area contributed by atoms with Crippen LogP contribution in [0.3, 0.4) is 0 Å². The second-order valence-corrected chi connectivity index (χ2v) is 12.1. The molecule has 2 nitrogen and oxygen atoms in total. The Morgan fingerprint density at radius 2 is 0.615 bits per heavy atom. The minimum absolute atomic E-state index is 0.792. The molecule has 0 atom stereocenters. The van der Waals surface area contributed by atoms with Crippen molar-refractivity contribution in [3.05, 3.63) is 170 Å². The van der Waals surface area contributed by atoms with Crippen molar-refractivity contribution in [3.63, 3.8) is 0 Å². The second kappa shape index (κ2) is 11.3. The van der Waals surface area contributed by atoms with E-state index in [4.69, 9.17) is 8.85 Å². The molecular formula is C36H28O2Si. The second-order valence-electron chi connectivity index (χ2n) is 9.28. The molecule has 0 radical (unpaired) electrons. The van der Waals surface area contributed by atoms with Crippen molar-refractivity contribution in [3.8, 4) is 33.8 Å². The Kier molecular flexibility index (Phi) is 7.06. The topological polar surface area (TPSA) is 18.5 Å². The van der Waals surface area contributed by atoms with Crippen molar-refractivity contribution >= 4 is 18.9 Å². The minimum Gasteiger partial charge on any atom is -0.505 e. The maximum Gasteiger partial charge on any atom is 0.531 e. The summed E-state index contributed by atoms with van der Waals surface area (Å²) in [7, 11) is -3.36. The van der Waals surface area contributed by atoms with Gasteiger partial charge in [-0.2, -0.15) is 0 Å². The van der Waals surface area contributed by atoms with Gasteiger partial charge in [-0.3, -0.25) is 0 Å². The Hall–Kier alpha value is -4.86. The number of hydrogen-bond donors (Lipinski definition) is 0. The van der Waals surface area contributed by atoms with Crippen LogP contribution in [0.25, 0.3) is 22.3 Å². The molecule has 188 valence electrons. The molecule has 0 aromatic heterocycles. The summed E-state index contributed by atoms with van der Waals surface area (Å²) in [6.07, 6.45) is 0. The highest BCUT2D eigenvalue weighted by atomic mass is 28.4. The third-order valence-electron chi connectivity index (χ3n) is 6.76. The first kappa shape index (κ1) is 24.5. The van der Waals surface area contributed by atoms with Gasteiger partial charge in [-0.1, -0.05) is 158 Å². The molecule has 0 bridgehead atoms. The van der Waals surface area contributed by atoms with Gasteiger partial charge in [0.05, 0.1) is 0 Å². The summed E-state index contributed by atoms with van der Waals surface area (Å²) in [5.74, 6) is 1.58. The van der Waals surface area contributed by atoms with E-state index in [1.54, 1.807) is 0 Å². The van der Waals surface area contributed by atoms with Crippen LogP contribution in [0.1, 0.15) is 0 Å². The van der Waals surface area contributed by atoms with Crippen molar-refractivity contribution in [1.82, 2.24) is 0 Å². The van der Waals surface area contributed by atoms with Gasteiger partial charge in [0, 0.05) is 21.5 Å². The Morgan fingerprint density at radius 1 is 0.308 bits per heavy atom. The highest BCUT2D eigenvalue weighted by Crippen LogP contribution is 2.35. The predicted molar refractivity (Wildman–Crippen MR) is 163 cm³/mol. The first-order valence-corrected chi connectivity index (χ1v) is 14.9. The number of rotatable bonds is 8. The van der Waals surface area contributed by atoms with E-state index in [1.807, 2.05) is 48.5 Å². The van der Waals surface area contributed by atoms with Crippen LogP contribution in [-0.4, -0.2) is 8.56 Å². The molecule has 6 aromatic carbocycles. The lowest BCUT2D eigenvalue weighted by atomic mass is 10.1. The highest BCUT2D eigenvalue weighted by molar-refractivity contribution is 6.93. The SMILES string of the molecule is c1ccc(-c2ccccc2O[Si](Oc2ccccc2-c2ccccc2)(c2ccccc2)c2ccccc2)cc1.